The number of aliphatic hydroxyl groups excluding tert-OH is 1. The Morgan fingerprint density at radius 2 is 1.78 bits per heavy atom. The van der Waals surface area contributed by atoms with Gasteiger partial charge in [-0.25, -0.2) is 0 Å². The molecular formula is C8H16O. The van der Waals surface area contributed by atoms with E-state index in [1.54, 1.807) is 0 Å². The molecule has 1 nitrogen and oxygen atoms in total. The van der Waals surface area contributed by atoms with Gasteiger partial charge in [-0.2, -0.15) is 0 Å². The zero-order valence-corrected chi connectivity index (χ0v) is 6.30. The van der Waals surface area contributed by atoms with Gasteiger partial charge in [0.15, 0.2) is 0 Å². The van der Waals surface area contributed by atoms with E-state index in [-0.39, 0.29) is 6.10 Å². The van der Waals surface area contributed by atoms with E-state index in [4.69, 9.17) is 0 Å². The molecule has 54 valence electrons. The Morgan fingerprint density at radius 3 is 2.22 bits per heavy atom. The van der Waals surface area contributed by atoms with Crippen LogP contribution < -0.4 is 0 Å². The topological polar surface area (TPSA) is 20.2 Å². The highest BCUT2D eigenvalue weighted by molar-refractivity contribution is 4.73. The minimum Gasteiger partial charge on any atom is -0.393 e. The van der Waals surface area contributed by atoms with E-state index < -0.39 is 0 Å². The van der Waals surface area contributed by atoms with Crippen LogP contribution in [0.3, 0.4) is 0 Å². The quantitative estimate of drug-likeness (QED) is 0.527. The van der Waals surface area contributed by atoms with E-state index >= 15 is 0 Å². The molecule has 3 atom stereocenters. The van der Waals surface area contributed by atoms with Crippen LogP contribution in [0.25, 0.3) is 0 Å². The van der Waals surface area contributed by atoms with Gasteiger partial charge in [-0.1, -0.05) is 13.8 Å². The second kappa shape index (κ2) is 2.70. The molecule has 0 saturated heterocycles. The summed E-state index contributed by atoms with van der Waals surface area (Å²) < 4.78 is 0. The molecule has 0 aromatic rings. The van der Waals surface area contributed by atoms with Crippen molar-refractivity contribution in [2.75, 3.05) is 0 Å². The highest BCUT2D eigenvalue weighted by atomic mass is 16.3. The third-order valence-corrected chi connectivity index (χ3v) is 2.57. The van der Waals surface area contributed by atoms with E-state index in [0.29, 0.717) is 0 Å². The van der Waals surface area contributed by atoms with Crippen molar-refractivity contribution in [1.82, 2.24) is 0 Å². The van der Waals surface area contributed by atoms with Gasteiger partial charge in [0.05, 0.1) is 6.10 Å². The normalized spacial score (nSPS) is 45.0. The third kappa shape index (κ3) is 1.68. The Morgan fingerprint density at radius 1 is 1.11 bits per heavy atom. The van der Waals surface area contributed by atoms with E-state index in [1.807, 2.05) is 0 Å². The first kappa shape index (κ1) is 7.07. The zero-order chi connectivity index (χ0) is 6.85. The van der Waals surface area contributed by atoms with Crippen LogP contribution in [0.15, 0.2) is 0 Å². The van der Waals surface area contributed by atoms with Gasteiger partial charge in [0.1, 0.15) is 0 Å². The van der Waals surface area contributed by atoms with Crippen LogP contribution in [-0.4, -0.2) is 11.2 Å². The van der Waals surface area contributed by atoms with Crippen molar-refractivity contribution in [1.29, 1.82) is 0 Å². The first-order chi connectivity index (χ1) is 4.20. The summed E-state index contributed by atoms with van der Waals surface area (Å²) in [6.07, 6.45) is 3.24. The lowest BCUT2D eigenvalue weighted by atomic mass is 9.80. The molecule has 1 heteroatoms. The highest BCUT2D eigenvalue weighted by Gasteiger charge is 2.22. The van der Waals surface area contributed by atoms with Crippen LogP contribution in [0.4, 0.5) is 0 Å². The summed E-state index contributed by atoms with van der Waals surface area (Å²) >= 11 is 0. The maximum Gasteiger partial charge on any atom is 0.0543 e. The second-order valence-corrected chi connectivity index (χ2v) is 3.42. The summed E-state index contributed by atoms with van der Waals surface area (Å²) in [5.74, 6) is 1.56. The van der Waals surface area contributed by atoms with Gasteiger partial charge >= 0.3 is 0 Å². The summed E-state index contributed by atoms with van der Waals surface area (Å²) in [6.45, 7) is 4.50. The Kier molecular flexibility index (Phi) is 2.12. The largest absolute Gasteiger partial charge is 0.393 e. The highest BCUT2D eigenvalue weighted by Crippen LogP contribution is 2.28. The summed E-state index contributed by atoms with van der Waals surface area (Å²) in [5, 5.41) is 9.20. The molecule has 0 aliphatic heterocycles. The molecular weight excluding hydrogens is 112 g/mol. The number of hydrogen-bond donors (Lipinski definition) is 1. The summed E-state index contributed by atoms with van der Waals surface area (Å²) in [7, 11) is 0. The van der Waals surface area contributed by atoms with Crippen LogP contribution in [0.2, 0.25) is 0 Å². The monoisotopic (exact) mass is 128 g/mol. The van der Waals surface area contributed by atoms with Gasteiger partial charge in [-0.3, -0.25) is 0 Å². The van der Waals surface area contributed by atoms with Crippen molar-refractivity contribution in [2.24, 2.45) is 11.8 Å². The molecule has 0 aromatic heterocycles. The molecule has 0 radical (unpaired) electrons. The van der Waals surface area contributed by atoms with Crippen molar-refractivity contribution >= 4 is 0 Å². The molecule has 0 aromatic carbocycles. The zero-order valence-electron chi connectivity index (χ0n) is 6.30. The molecule has 1 aliphatic rings. The SMILES string of the molecule is C[C@H]1CC[C@@H](O)C[C@@H]1C. The third-order valence-electron chi connectivity index (χ3n) is 2.57. The maximum absolute atomic E-state index is 9.20. The van der Waals surface area contributed by atoms with Crippen LogP contribution in [0, 0.1) is 11.8 Å². The lowest BCUT2D eigenvalue weighted by Crippen LogP contribution is -2.23. The second-order valence-electron chi connectivity index (χ2n) is 3.42. The average molecular weight is 128 g/mol. The fourth-order valence-electron chi connectivity index (χ4n) is 1.52. The number of hydrogen-bond acceptors (Lipinski definition) is 1. The van der Waals surface area contributed by atoms with Gasteiger partial charge in [0.2, 0.25) is 0 Å². The Hall–Kier alpha value is -0.0400. The predicted octanol–water partition coefficient (Wildman–Crippen LogP) is 1.80. The summed E-state index contributed by atoms with van der Waals surface area (Å²) in [4.78, 5) is 0. The lowest BCUT2D eigenvalue weighted by Gasteiger charge is -2.28. The standard InChI is InChI=1S/C8H16O/c1-6-3-4-8(9)5-7(6)2/h6-9H,3-5H2,1-2H3/t6-,7-,8+/m0/s1. The molecule has 9 heavy (non-hydrogen) atoms. The molecule has 1 fully saturated rings. The van der Waals surface area contributed by atoms with Crippen molar-refractivity contribution in [3.63, 3.8) is 0 Å². The number of aliphatic hydroxyl groups is 1. The van der Waals surface area contributed by atoms with Crippen molar-refractivity contribution in [2.45, 2.75) is 39.2 Å². The van der Waals surface area contributed by atoms with E-state index in [0.717, 1.165) is 24.7 Å². The molecule has 0 bridgehead atoms. The van der Waals surface area contributed by atoms with Crippen molar-refractivity contribution in [3.05, 3.63) is 0 Å². The van der Waals surface area contributed by atoms with Gasteiger partial charge in [0.25, 0.3) is 0 Å². The fraction of sp³-hybridized carbons (Fsp3) is 1.00. The van der Waals surface area contributed by atoms with Crippen LogP contribution >= 0.6 is 0 Å². The summed E-state index contributed by atoms with van der Waals surface area (Å²) in [5.41, 5.74) is 0. The fourth-order valence-corrected chi connectivity index (χ4v) is 1.52. The molecule has 1 aliphatic carbocycles. The van der Waals surface area contributed by atoms with Gasteiger partial charge < -0.3 is 5.11 Å². The van der Waals surface area contributed by atoms with Gasteiger partial charge in [-0.05, 0) is 31.1 Å². The van der Waals surface area contributed by atoms with Gasteiger partial charge in [-0.15, -0.1) is 0 Å². The van der Waals surface area contributed by atoms with E-state index in [2.05, 4.69) is 13.8 Å². The first-order valence-electron chi connectivity index (χ1n) is 3.88. The molecule has 0 heterocycles. The minimum atomic E-state index is -0.00352. The smallest absolute Gasteiger partial charge is 0.0543 e. The number of rotatable bonds is 0. The Balaban J connectivity index is 2.35. The molecule has 0 unspecified atom stereocenters. The molecule has 1 saturated carbocycles. The average Bonchev–Trinajstić information content (AvgIpc) is 1.80. The Labute approximate surface area is 57.1 Å². The Bertz CT molecular complexity index is 90.6. The maximum atomic E-state index is 9.20. The van der Waals surface area contributed by atoms with E-state index in [9.17, 15) is 5.11 Å². The van der Waals surface area contributed by atoms with Crippen molar-refractivity contribution < 1.29 is 5.11 Å². The lowest BCUT2D eigenvalue weighted by molar-refractivity contribution is 0.0807. The van der Waals surface area contributed by atoms with Crippen LogP contribution in [0.1, 0.15) is 33.1 Å². The molecule has 0 spiro atoms. The first-order valence-corrected chi connectivity index (χ1v) is 3.88. The van der Waals surface area contributed by atoms with Crippen LogP contribution in [-0.2, 0) is 0 Å². The molecule has 1 rings (SSSR count). The van der Waals surface area contributed by atoms with Crippen LogP contribution in [0.5, 0.6) is 0 Å². The molecule has 0 amide bonds. The van der Waals surface area contributed by atoms with E-state index in [1.165, 1.54) is 6.42 Å². The van der Waals surface area contributed by atoms with Crippen molar-refractivity contribution in [3.8, 4) is 0 Å². The predicted molar refractivity (Wildman–Crippen MR) is 38.2 cm³/mol. The summed E-state index contributed by atoms with van der Waals surface area (Å²) in [6, 6.07) is 0. The van der Waals surface area contributed by atoms with Gasteiger partial charge in [0, 0.05) is 0 Å². The molecule has 1 N–H and O–H groups in total. The minimum absolute atomic E-state index is 0.00352.